The molecule has 0 saturated heterocycles. The van der Waals surface area contributed by atoms with E-state index in [0.29, 0.717) is 30.1 Å². The van der Waals surface area contributed by atoms with E-state index in [-0.39, 0.29) is 18.0 Å². The van der Waals surface area contributed by atoms with E-state index >= 15 is 0 Å². The van der Waals surface area contributed by atoms with Gasteiger partial charge < -0.3 is 16.0 Å². The van der Waals surface area contributed by atoms with Gasteiger partial charge in [-0.05, 0) is 55.5 Å². The number of nitrogens with one attached hydrogen (secondary N) is 3. The fourth-order valence-corrected chi connectivity index (χ4v) is 2.71. The van der Waals surface area contributed by atoms with Crippen molar-refractivity contribution in [3.63, 3.8) is 0 Å². The molecule has 2 rings (SSSR count). The Morgan fingerprint density at radius 3 is 2.56 bits per heavy atom. The van der Waals surface area contributed by atoms with E-state index in [4.69, 9.17) is 0 Å². The molecule has 3 amide bonds. The largest absolute Gasteiger partial charge is 0.352 e. The number of nitrogens with zero attached hydrogens (tertiary/aromatic N) is 1. The zero-order valence-electron chi connectivity index (χ0n) is 16.4. The Balaban J connectivity index is 1.97. The fraction of sp³-hybridized carbons (Fsp3) is 0.381. The minimum absolute atomic E-state index is 0.0490. The maximum Gasteiger partial charge on any atom is 0.319 e. The molecule has 0 spiro atoms. The third-order valence-corrected chi connectivity index (χ3v) is 4.14. The topological polar surface area (TPSA) is 83.1 Å². The molecule has 1 aromatic carbocycles. The Morgan fingerprint density at radius 2 is 1.89 bits per heavy atom. The number of pyridine rings is 1. The molecule has 0 aliphatic heterocycles. The van der Waals surface area contributed by atoms with Gasteiger partial charge in [-0.15, -0.1) is 0 Å². The van der Waals surface area contributed by atoms with Gasteiger partial charge in [-0.1, -0.05) is 26.0 Å². The predicted molar refractivity (Wildman–Crippen MR) is 108 cm³/mol. The molecule has 1 atom stereocenters. The Kier molecular flexibility index (Phi) is 7.34. The van der Waals surface area contributed by atoms with Gasteiger partial charge in [0.05, 0.1) is 0 Å². The smallest absolute Gasteiger partial charge is 0.319 e. The Labute approximate surface area is 160 Å². The molecule has 1 aromatic heterocycles. The van der Waals surface area contributed by atoms with Crippen LogP contribution in [-0.4, -0.2) is 29.5 Å². The molecule has 144 valence electrons. The summed E-state index contributed by atoms with van der Waals surface area (Å²) < 4.78 is 0. The summed E-state index contributed by atoms with van der Waals surface area (Å²) in [5.74, 6) is 0.248. The van der Waals surface area contributed by atoms with E-state index in [0.717, 1.165) is 11.1 Å². The van der Waals surface area contributed by atoms with Gasteiger partial charge in [-0.3, -0.25) is 9.78 Å². The number of amides is 3. The predicted octanol–water partition coefficient (Wildman–Crippen LogP) is 3.53. The molecule has 0 aliphatic carbocycles. The van der Waals surface area contributed by atoms with Gasteiger partial charge in [0.15, 0.2) is 0 Å². The third-order valence-electron chi connectivity index (χ3n) is 4.14. The van der Waals surface area contributed by atoms with Crippen molar-refractivity contribution in [2.24, 2.45) is 5.92 Å². The second kappa shape index (κ2) is 9.71. The van der Waals surface area contributed by atoms with Crippen LogP contribution in [0.2, 0.25) is 0 Å². The minimum Gasteiger partial charge on any atom is -0.352 e. The van der Waals surface area contributed by atoms with E-state index in [1.807, 2.05) is 39.8 Å². The lowest BCUT2D eigenvalue weighted by Crippen LogP contribution is -2.37. The van der Waals surface area contributed by atoms with Crippen molar-refractivity contribution in [1.82, 2.24) is 15.6 Å². The van der Waals surface area contributed by atoms with Crippen molar-refractivity contribution >= 4 is 17.6 Å². The van der Waals surface area contributed by atoms with Crippen LogP contribution in [0, 0.1) is 12.8 Å². The van der Waals surface area contributed by atoms with E-state index in [2.05, 4.69) is 20.9 Å². The first kappa shape index (κ1) is 20.4. The zero-order chi connectivity index (χ0) is 19.8. The quantitative estimate of drug-likeness (QED) is 0.699. The highest BCUT2D eigenvalue weighted by molar-refractivity contribution is 5.99. The molecule has 3 N–H and O–H groups in total. The minimum atomic E-state index is -0.297. The van der Waals surface area contributed by atoms with Crippen LogP contribution in [-0.2, 0) is 6.42 Å². The summed E-state index contributed by atoms with van der Waals surface area (Å²) in [5.41, 5.74) is 2.99. The average Bonchev–Trinajstić information content (AvgIpc) is 2.62. The van der Waals surface area contributed by atoms with Crippen LogP contribution in [0.15, 0.2) is 42.7 Å². The van der Waals surface area contributed by atoms with Crippen LogP contribution in [0.25, 0.3) is 0 Å². The van der Waals surface area contributed by atoms with Crippen molar-refractivity contribution in [2.45, 2.75) is 40.2 Å². The summed E-state index contributed by atoms with van der Waals surface area (Å²) >= 11 is 0. The molecule has 0 saturated carbocycles. The van der Waals surface area contributed by atoms with Crippen LogP contribution in [0.3, 0.4) is 0 Å². The summed E-state index contributed by atoms with van der Waals surface area (Å²) in [4.78, 5) is 28.7. The summed E-state index contributed by atoms with van der Waals surface area (Å²) in [6.07, 6.45) is 4.21. The molecule has 0 bridgehead atoms. The number of carbonyl (C=O) groups excluding carboxylic acids is 2. The number of hydrogen-bond donors (Lipinski definition) is 3. The number of hydrogen-bond acceptors (Lipinski definition) is 3. The maximum absolute atomic E-state index is 12.3. The molecule has 27 heavy (non-hydrogen) atoms. The number of anilines is 1. The van der Waals surface area contributed by atoms with Crippen molar-refractivity contribution in [2.75, 3.05) is 11.9 Å². The lowest BCUT2D eigenvalue weighted by atomic mass is 10.1. The summed E-state index contributed by atoms with van der Waals surface area (Å²) in [7, 11) is 0. The SMILES string of the molecule is Cc1c(NC(=O)NC(C)Cc2cccnc2)cccc1C(=O)NCC(C)C. The van der Waals surface area contributed by atoms with Crippen LogP contribution in [0.5, 0.6) is 0 Å². The lowest BCUT2D eigenvalue weighted by Gasteiger charge is -2.17. The molecule has 1 unspecified atom stereocenters. The van der Waals surface area contributed by atoms with Crippen LogP contribution < -0.4 is 16.0 Å². The van der Waals surface area contributed by atoms with Crippen molar-refractivity contribution in [3.05, 3.63) is 59.4 Å². The standard InChI is InChI=1S/C21H28N4O2/c1-14(2)12-23-20(26)18-8-5-9-19(16(18)4)25-21(27)24-15(3)11-17-7-6-10-22-13-17/h5-10,13-15H,11-12H2,1-4H3,(H,23,26)(H2,24,25,27). The van der Waals surface area contributed by atoms with Crippen molar-refractivity contribution < 1.29 is 9.59 Å². The van der Waals surface area contributed by atoms with Gasteiger partial charge in [0.1, 0.15) is 0 Å². The molecule has 2 aromatic rings. The molecule has 0 aliphatic rings. The summed E-state index contributed by atoms with van der Waals surface area (Å²) in [6.45, 7) is 8.47. The third kappa shape index (κ3) is 6.40. The van der Waals surface area contributed by atoms with Gasteiger partial charge in [-0.2, -0.15) is 0 Å². The van der Waals surface area contributed by atoms with Gasteiger partial charge in [0, 0.05) is 36.2 Å². The van der Waals surface area contributed by atoms with E-state index in [1.54, 1.807) is 30.6 Å². The highest BCUT2D eigenvalue weighted by atomic mass is 16.2. The number of aromatic nitrogens is 1. The monoisotopic (exact) mass is 368 g/mol. The highest BCUT2D eigenvalue weighted by Gasteiger charge is 2.14. The van der Waals surface area contributed by atoms with Crippen LogP contribution in [0.4, 0.5) is 10.5 Å². The molecule has 1 heterocycles. The lowest BCUT2D eigenvalue weighted by molar-refractivity contribution is 0.0948. The second-order valence-corrected chi connectivity index (χ2v) is 7.15. The second-order valence-electron chi connectivity index (χ2n) is 7.15. The Hall–Kier alpha value is -2.89. The van der Waals surface area contributed by atoms with Crippen molar-refractivity contribution in [3.8, 4) is 0 Å². The maximum atomic E-state index is 12.3. The van der Waals surface area contributed by atoms with Gasteiger partial charge in [0.2, 0.25) is 0 Å². The Morgan fingerprint density at radius 1 is 1.11 bits per heavy atom. The van der Waals surface area contributed by atoms with E-state index in [1.165, 1.54) is 0 Å². The summed E-state index contributed by atoms with van der Waals surface area (Å²) in [6, 6.07) is 8.83. The van der Waals surface area contributed by atoms with E-state index < -0.39 is 0 Å². The summed E-state index contributed by atoms with van der Waals surface area (Å²) in [5, 5.41) is 8.66. The Bertz CT molecular complexity index is 775. The highest BCUT2D eigenvalue weighted by Crippen LogP contribution is 2.19. The first-order valence-electron chi connectivity index (χ1n) is 9.21. The zero-order valence-corrected chi connectivity index (χ0v) is 16.4. The van der Waals surface area contributed by atoms with E-state index in [9.17, 15) is 9.59 Å². The first-order chi connectivity index (χ1) is 12.9. The normalized spacial score (nSPS) is 11.7. The van der Waals surface area contributed by atoms with Crippen LogP contribution in [0.1, 0.15) is 42.3 Å². The van der Waals surface area contributed by atoms with Gasteiger partial charge in [0.25, 0.3) is 5.91 Å². The molecular formula is C21H28N4O2. The fourth-order valence-electron chi connectivity index (χ4n) is 2.71. The number of rotatable bonds is 7. The van der Waals surface area contributed by atoms with Gasteiger partial charge in [-0.25, -0.2) is 4.79 Å². The number of benzene rings is 1. The van der Waals surface area contributed by atoms with Crippen LogP contribution >= 0.6 is 0 Å². The number of carbonyl (C=O) groups is 2. The molecule has 6 heteroatoms. The van der Waals surface area contributed by atoms with Crippen molar-refractivity contribution in [1.29, 1.82) is 0 Å². The molecule has 0 radical (unpaired) electrons. The van der Waals surface area contributed by atoms with Gasteiger partial charge >= 0.3 is 6.03 Å². The molecule has 6 nitrogen and oxygen atoms in total. The first-order valence-corrected chi connectivity index (χ1v) is 9.21. The average molecular weight is 368 g/mol. The molecule has 0 fully saturated rings. The molecular weight excluding hydrogens is 340 g/mol. The number of urea groups is 1.